The lowest BCUT2D eigenvalue weighted by molar-refractivity contribution is 0.0747. The lowest BCUT2D eigenvalue weighted by atomic mass is 10.0. The molecular weight excluding hydrogens is 342 g/mol. The Labute approximate surface area is 157 Å². The third-order valence-electron chi connectivity index (χ3n) is 5.16. The van der Waals surface area contributed by atoms with Crippen molar-refractivity contribution in [2.24, 2.45) is 0 Å². The number of oxazole rings is 1. The highest BCUT2D eigenvalue weighted by Gasteiger charge is 2.22. The van der Waals surface area contributed by atoms with Crippen LogP contribution in [0.3, 0.4) is 0 Å². The molecule has 27 heavy (non-hydrogen) atoms. The maximum atomic E-state index is 12.8. The highest BCUT2D eigenvalue weighted by atomic mass is 16.4. The van der Waals surface area contributed by atoms with Crippen LogP contribution in [-0.2, 0) is 0 Å². The molecule has 0 bridgehead atoms. The Balaban J connectivity index is 1.43. The first-order chi connectivity index (χ1) is 13.0. The van der Waals surface area contributed by atoms with Crippen molar-refractivity contribution in [3.8, 4) is 0 Å². The first-order valence-electron chi connectivity index (χ1n) is 9.28. The summed E-state index contributed by atoms with van der Waals surface area (Å²) in [5.41, 5.74) is 4.26. The summed E-state index contributed by atoms with van der Waals surface area (Å²) >= 11 is 0. The number of carbonyl (C=O) groups is 1. The van der Waals surface area contributed by atoms with Crippen molar-refractivity contribution in [3.63, 3.8) is 0 Å². The third-order valence-corrected chi connectivity index (χ3v) is 5.16. The summed E-state index contributed by atoms with van der Waals surface area (Å²) in [6.07, 6.45) is 0. The van der Waals surface area contributed by atoms with E-state index in [0.717, 1.165) is 24.3 Å². The van der Waals surface area contributed by atoms with Gasteiger partial charge in [-0.2, -0.15) is 0 Å². The van der Waals surface area contributed by atoms with E-state index in [1.165, 1.54) is 5.56 Å². The second-order valence-electron chi connectivity index (χ2n) is 7.25. The fraction of sp³-hybridized carbons (Fsp3) is 0.333. The highest BCUT2D eigenvalue weighted by Crippen LogP contribution is 2.22. The van der Waals surface area contributed by atoms with Gasteiger partial charge in [0, 0.05) is 37.4 Å². The quantitative estimate of drug-likeness (QED) is 0.774. The van der Waals surface area contributed by atoms with Gasteiger partial charge in [0.25, 0.3) is 5.91 Å². The van der Waals surface area contributed by atoms with E-state index in [0.29, 0.717) is 30.1 Å². The molecule has 1 aromatic heterocycles. The van der Waals surface area contributed by atoms with Crippen LogP contribution in [0.15, 0.2) is 51.7 Å². The van der Waals surface area contributed by atoms with Crippen LogP contribution in [0.1, 0.15) is 35.7 Å². The van der Waals surface area contributed by atoms with E-state index >= 15 is 0 Å². The van der Waals surface area contributed by atoms with E-state index in [4.69, 9.17) is 4.42 Å². The number of aromatic nitrogens is 1. The maximum absolute atomic E-state index is 12.8. The minimum absolute atomic E-state index is 0.0829. The molecule has 1 fully saturated rings. The van der Waals surface area contributed by atoms with Gasteiger partial charge < -0.3 is 14.2 Å². The molecule has 0 atom stereocenters. The number of nitrogens with one attached hydrogen (secondary N) is 1. The second kappa shape index (κ2) is 6.95. The number of hydrogen-bond acceptors (Lipinski definition) is 4. The van der Waals surface area contributed by atoms with Gasteiger partial charge in [-0.15, -0.1) is 0 Å². The van der Waals surface area contributed by atoms with Crippen molar-refractivity contribution in [1.29, 1.82) is 0 Å². The fourth-order valence-corrected chi connectivity index (χ4v) is 3.50. The van der Waals surface area contributed by atoms with Crippen molar-refractivity contribution < 1.29 is 9.21 Å². The van der Waals surface area contributed by atoms with Gasteiger partial charge in [-0.25, -0.2) is 4.79 Å². The molecule has 3 aromatic rings. The van der Waals surface area contributed by atoms with E-state index < -0.39 is 5.76 Å². The molecule has 0 unspecified atom stereocenters. The molecule has 1 aliphatic rings. The molecule has 1 saturated heterocycles. The molecule has 6 nitrogen and oxygen atoms in total. The molecule has 0 saturated carbocycles. The number of H-pyrrole nitrogens is 1. The smallest absolute Gasteiger partial charge is 0.408 e. The van der Waals surface area contributed by atoms with Crippen LogP contribution >= 0.6 is 0 Å². The number of hydrogen-bond donors (Lipinski definition) is 1. The van der Waals surface area contributed by atoms with E-state index in [2.05, 4.69) is 23.7 Å². The zero-order valence-electron chi connectivity index (χ0n) is 15.6. The van der Waals surface area contributed by atoms with E-state index in [1.807, 2.05) is 41.3 Å². The van der Waals surface area contributed by atoms with E-state index in [1.54, 1.807) is 6.07 Å². The molecule has 1 amide bonds. The van der Waals surface area contributed by atoms with Gasteiger partial charge in [0.15, 0.2) is 5.58 Å². The average Bonchev–Trinajstić information content (AvgIpc) is 3.07. The lowest BCUT2D eigenvalue weighted by Gasteiger charge is -2.36. The number of carbonyl (C=O) groups excluding carboxylic acids is 1. The third kappa shape index (κ3) is 3.47. The molecule has 0 spiro atoms. The maximum Gasteiger partial charge on any atom is 0.417 e. The molecule has 2 heterocycles. The molecule has 2 aromatic carbocycles. The summed E-state index contributed by atoms with van der Waals surface area (Å²) in [7, 11) is 0. The summed E-state index contributed by atoms with van der Waals surface area (Å²) in [5.74, 6) is 0.0980. The minimum atomic E-state index is -0.443. The second-order valence-corrected chi connectivity index (χ2v) is 7.25. The van der Waals surface area contributed by atoms with Crippen LogP contribution in [-0.4, -0.2) is 42.0 Å². The van der Waals surface area contributed by atoms with Gasteiger partial charge in [-0.1, -0.05) is 26.0 Å². The summed E-state index contributed by atoms with van der Waals surface area (Å²) in [4.78, 5) is 30.9. The number of piperazine rings is 1. The largest absolute Gasteiger partial charge is 0.417 e. The molecule has 6 heteroatoms. The lowest BCUT2D eigenvalue weighted by Crippen LogP contribution is -2.48. The van der Waals surface area contributed by atoms with Crippen molar-refractivity contribution >= 4 is 22.7 Å². The monoisotopic (exact) mass is 365 g/mol. The van der Waals surface area contributed by atoms with Gasteiger partial charge in [0.1, 0.15) is 0 Å². The Morgan fingerprint density at radius 3 is 2.41 bits per heavy atom. The molecule has 0 radical (unpaired) electrons. The molecule has 140 valence electrons. The van der Waals surface area contributed by atoms with Crippen LogP contribution in [0.5, 0.6) is 0 Å². The number of amides is 1. The van der Waals surface area contributed by atoms with Gasteiger partial charge in [-0.05, 0) is 41.8 Å². The number of fused-ring (bicyclic) bond motifs is 1. The van der Waals surface area contributed by atoms with Gasteiger partial charge >= 0.3 is 5.76 Å². The zero-order valence-corrected chi connectivity index (χ0v) is 15.6. The molecular formula is C21H23N3O3. The van der Waals surface area contributed by atoms with Crippen molar-refractivity contribution in [3.05, 3.63) is 64.1 Å². The number of anilines is 1. The Morgan fingerprint density at radius 1 is 1.04 bits per heavy atom. The first-order valence-corrected chi connectivity index (χ1v) is 9.28. The summed E-state index contributed by atoms with van der Waals surface area (Å²) in [6.45, 7) is 7.14. The average molecular weight is 365 g/mol. The van der Waals surface area contributed by atoms with Crippen molar-refractivity contribution in [1.82, 2.24) is 9.88 Å². The van der Waals surface area contributed by atoms with Crippen molar-refractivity contribution in [2.75, 3.05) is 31.1 Å². The number of rotatable bonds is 3. The Morgan fingerprint density at radius 2 is 1.74 bits per heavy atom. The first kappa shape index (κ1) is 17.4. The normalized spacial score (nSPS) is 14.9. The van der Waals surface area contributed by atoms with Gasteiger partial charge in [0.05, 0.1) is 5.52 Å². The summed E-state index contributed by atoms with van der Waals surface area (Å²) < 4.78 is 5.05. The molecule has 1 aliphatic heterocycles. The Kier molecular flexibility index (Phi) is 4.48. The van der Waals surface area contributed by atoms with Crippen LogP contribution in [0.2, 0.25) is 0 Å². The van der Waals surface area contributed by atoms with Crippen molar-refractivity contribution in [2.45, 2.75) is 19.8 Å². The topological polar surface area (TPSA) is 69.6 Å². The molecule has 1 N–H and O–H groups in total. The molecule has 0 aliphatic carbocycles. The predicted molar refractivity (Wildman–Crippen MR) is 105 cm³/mol. The van der Waals surface area contributed by atoms with Crippen LogP contribution in [0.4, 0.5) is 5.69 Å². The standard InChI is InChI=1S/C21H23N3O3/c1-14(2)15-3-5-16(6-4-15)20(25)24-11-9-23(10-12-24)17-7-8-19-18(13-17)22-21(26)27-19/h3-8,13-14H,9-12H2,1-2H3,(H,22,26). The fourth-order valence-electron chi connectivity index (χ4n) is 3.50. The van der Waals surface area contributed by atoms with E-state index in [9.17, 15) is 9.59 Å². The SMILES string of the molecule is CC(C)c1ccc(C(=O)N2CCN(c3ccc4oc(=O)[nH]c4c3)CC2)cc1. The Bertz CT molecular complexity index is 1010. The van der Waals surface area contributed by atoms with Crippen LogP contribution in [0.25, 0.3) is 11.1 Å². The van der Waals surface area contributed by atoms with E-state index in [-0.39, 0.29) is 5.91 Å². The number of aromatic amines is 1. The zero-order chi connectivity index (χ0) is 19.0. The summed E-state index contributed by atoms with van der Waals surface area (Å²) in [6, 6.07) is 13.6. The Hall–Kier alpha value is -3.02. The molecule has 4 rings (SSSR count). The number of nitrogens with zero attached hydrogens (tertiary/aromatic N) is 2. The number of benzene rings is 2. The predicted octanol–water partition coefficient (Wildman–Crippen LogP) is 3.21. The summed E-state index contributed by atoms with van der Waals surface area (Å²) in [5, 5.41) is 0. The van der Waals surface area contributed by atoms with Crippen LogP contribution < -0.4 is 10.7 Å². The van der Waals surface area contributed by atoms with Gasteiger partial charge in [0.2, 0.25) is 0 Å². The highest BCUT2D eigenvalue weighted by molar-refractivity contribution is 5.94. The minimum Gasteiger partial charge on any atom is -0.408 e. The van der Waals surface area contributed by atoms with Crippen LogP contribution in [0, 0.1) is 0 Å². The van der Waals surface area contributed by atoms with Gasteiger partial charge in [-0.3, -0.25) is 9.78 Å².